The Morgan fingerprint density at radius 1 is 1.33 bits per heavy atom. The quantitative estimate of drug-likeness (QED) is 0.816. The zero-order valence-electron chi connectivity index (χ0n) is 11.3. The number of carbonyl (C=O) groups is 2. The molecule has 0 aromatic carbocycles. The zero-order valence-corrected chi connectivity index (χ0v) is 11.3. The lowest BCUT2D eigenvalue weighted by Gasteiger charge is -2.24. The molecule has 0 aliphatic heterocycles. The summed E-state index contributed by atoms with van der Waals surface area (Å²) in [4.78, 5) is 24.8. The van der Waals surface area contributed by atoms with E-state index in [2.05, 4.69) is 0 Å². The lowest BCUT2D eigenvalue weighted by molar-refractivity contribution is -0.145. The topological polar surface area (TPSA) is 57.6 Å². The molecule has 0 saturated heterocycles. The minimum atomic E-state index is -0.912. The first-order chi connectivity index (χ1) is 8.44. The minimum Gasteiger partial charge on any atom is -0.480 e. The van der Waals surface area contributed by atoms with E-state index in [-0.39, 0.29) is 23.8 Å². The van der Waals surface area contributed by atoms with Crippen LogP contribution in [0, 0.1) is 17.3 Å². The van der Waals surface area contributed by atoms with Crippen LogP contribution in [0.2, 0.25) is 0 Å². The van der Waals surface area contributed by atoms with E-state index in [0.29, 0.717) is 12.5 Å². The van der Waals surface area contributed by atoms with Crippen LogP contribution >= 0.6 is 0 Å². The second kappa shape index (κ2) is 4.90. The number of aliphatic carboxylic acids is 1. The van der Waals surface area contributed by atoms with Gasteiger partial charge in [0.25, 0.3) is 0 Å². The molecular weight excluding hydrogens is 230 g/mol. The van der Waals surface area contributed by atoms with Crippen LogP contribution in [0.1, 0.15) is 46.0 Å². The van der Waals surface area contributed by atoms with Gasteiger partial charge in [-0.25, -0.2) is 0 Å². The first kappa shape index (κ1) is 13.4. The van der Waals surface area contributed by atoms with E-state index in [0.717, 1.165) is 19.3 Å². The lowest BCUT2D eigenvalue weighted by atomic mass is 10.0. The summed E-state index contributed by atoms with van der Waals surface area (Å²) >= 11 is 0. The first-order valence-corrected chi connectivity index (χ1v) is 6.95. The molecule has 1 spiro atoms. The maximum Gasteiger partial charge on any atom is 0.323 e. The van der Waals surface area contributed by atoms with Gasteiger partial charge in [-0.1, -0.05) is 26.7 Å². The second-order valence-electron chi connectivity index (χ2n) is 6.33. The molecule has 102 valence electrons. The molecule has 1 atom stereocenters. The van der Waals surface area contributed by atoms with Crippen molar-refractivity contribution in [2.45, 2.75) is 46.0 Å². The highest BCUT2D eigenvalue weighted by molar-refractivity contribution is 5.86. The Hall–Kier alpha value is -1.06. The molecule has 0 radical (unpaired) electrons. The summed E-state index contributed by atoms with van der Waals surface area (Å²) in [6.07, 6.45) is 5.76. The number of hydrogen-bond donors (Lipinski definition) is 1. The average molecular weight is 253 g/mol. The molecule has 0 heterocycles. The summed E-state index contributed by atoms with van der Waals surface area (Å²) in [5, 5.41) is 8.91. The highest BCUT2D eigenvalue weighted by Gasteiger charge is 2.59. The molecule has 2 fully saturated rings. The Labute approximate surface area is 108 Å². The third-order valence-electron chi connectivity index (χ3n) is 4.31. The summed E-state index contributed by atoms with van der Waals surface area (Å²) < 4.78 is 0. The van der Waals surface area contributed by atoms with Crippen LogP contribution in [-0.4, -0.2) is 35.0 Å². The summed E-state index contributed by atoms with van der Waals surface area (Å²) in [5.41, 5.74) is 0.255. The van der Waals surface area contributed by atoms with Gasteiger partial charge in [0.15, 0.2) is 0 Å². The molecule has 18 heavy (non-hydrogen) atoms. The van der Waals surface area contributed by atoms with Crippen molar-refractivity contribution >= 4 is 11.9 Å². The fourth-order valence-corrected chi connectivity index (χ4v) is 3.39. The number of carboxylic acid groups (broad SMARTS) is 1. The SMILES string of the molecule is CC(C)CN(CC(=O)O)C(=O)C1CC12CCCC2. The van der Waals surface area contributed by atoms with Crippen LogP contribution in [-0.2, 0) is 9.59 Å². The highest BCUT2D eigenvalue weighted by Crippen LogP contribution is 2.63. The van der Waals surface area contributed by atoms with Crippen molar-refractivity contribution in [3.05, 3.63) is 0 Å². The predicted octanol–water partition coefficient (Wildman–Crippen LogP) is 2.14. The summed E-state index contributed by atoms with van der Waals surface area (Å²) in [5.74, 6) is -0.414. The molecule has 2 rings (SSSR count). The second-order valence-corrected chi connectivity index (χ2v) is 6.33. The monoisotopic (exact) mass is 253 g/mol. The van der Waals surface area contributed by atoms with E-state index in [1.54, 1.807) is 4.90 Å². The van der Waals surface area contributed by atoms with Gasteiger partial charge >= 0.3 is 5.97 Å². The normalized spacial score (nSPS) is 24.5. The molecule has 1 unspecified atom stereocenters. The maximum atomic E-state index is 12.4. The zero-order chi connectivity index (χ0) is 13.3. The van der Waals surface area contributed by atoms with Crippen molar-refractivity contribution in [1.29, 1.82) is 0 Å². The number of nitrogens with zero attached hydrogens (tertiary/aromatic N) is 1. The third kappa shape index (κ3) is 2.68. The number of rotatable bonds is 5. The molecular formula is C14H23NO3. The van der Waals surface area contributed by atoms with Crippen molar-refractivity contribution < 1.29 is 14.7 Å². The molecule has 1 amide bonds. The van der Waals surface area contributed by atoms with Gasteiger partial charge in [-0.3, -0.25) is 9.59 Å². The van der Waals surface area contributed by atoms with Gasteiger partial charge in [0, 0.05) is 12.5 Å². The summed E-state index contributed by atoms with van der Waals surface area (Å²) in [6, 6.07) is 0. The maximum absolute atomic E-state index is 12.4. The van der Waals surface area contributed by atoms with Crippen LogP contribution in [0.5, 0.6) is 0 Å². The van der Waals surface area contributed by atoms with Crippen molar-refractivity contribution in [3.63, 3.8) is 0 Å². The van der Waals surface area contributed by atoms with Gasteiger partial charge in [-0.2, -0.15) is 0 Å². The molecule has 0 aromatic heterocycles. The number of carboxylic acids is 1. The molecule has 2 aliphatic carbocycles. The first-order valence-electron chi connectivity index (χ1n) is 6.95. The number of carbonyl (C=O) groups excluding carboxylic acids is 1. The molecule has 2 aliphatic rings. The van der Waals surface area contributed by atoms with E-state index in [1.165, 1.54) is 12.8 Å². The Kier molecular flexibility index (Phi) is 3.64. The predicted molar refractivity (Wildman–Crippen MR) is 68.1 cm³/mol. The third-order valence-corrected chi connectivity index (χ3v) is 4.31. The Morgan fingerprint density at radius 2 is 1.94 bits per heavy atom. The van der Waals surface area contributed by atoms with Gasteiger partial charge in [0.05, 0.1) is 0 Å². The highest BCUT2D eigenvalue weighted by atomic mass is 16.4. The molecule has 2 saturated carbocycles. The Bertz CT molecular complexity index is 345. The van der Waals surface area contributed by atoms with Crippen LogP contribution in [0.4, 0.5) is 0 Å². The standard InChI is InChI=1S/C14H23NO3/c1-10(2)8-15(9-12(16)17)13(18)11-7-14(11)5-3-4-6-14/h10-11H,3-9H2,1-2H3,(H,16,17). The molecule has 4 heteroatoms. The molecule has 0 bridgehead atoms. The van der Waals surface area contributed by atoms with Crippen molar-refractivity contribution in [3.8, 4) is 0 Å². The van der Waals surface area contributed by atoms with Gasteiger partial charge < -0.3 is 10.0 Å². The Morgan fingerprint density at radius 3 is 2.44 bits per heavy atom. The fourth-order valence-electron chi connectivity index (χ4n) is 3.39. The van der Waals surface area contributed by atoms with Gasteiger partial charge in [-0.15, -0.1) is 0 Å². The largest absolute Gasteiger partial charge is 0.480 e. The smallest absolute Gasteiger partial charge is 0.323 e. The van der Waals surface area contributed by atoms with Crippen molar-refractivity contribution in [1.82, 2.24) is 4.90 Å². The molecule has 1 N–H and O–H groups in total. The van der Waals surface area contributed by atoms with Crippen LogP contribution < -0.4 is 0 Å². The van der Waals surface area contributed by atoms with Crippen LogP contribution in [0.15, 0.2) is 0 Å². The lowest BCUT2D eigenvalue weighted by Crippen LogP contribution is -2.40. The van der Waals surface area contributed by atoms with Gasteiger partial charge in [-0.05, 0) is 30.6 Å². The minimum absolute atomic E-state index is 0.0769. The van der Waals surface area contributed by atoms with E-state index in [4.69, 9.17) is 5.11 Å². The summed E-state index contributed by atoms with van der Waals surface area (Å²) in [7, 11) is 0. The van der Waals surface area contributed by atoms with Gasteiger partial charge in [0.2, 0.25) is 5.91 Å². The van der Waals surface area contributed by atoms with E-state index >= 15 is 0 Å². The van der Waals surface area contributed by atoms with E-state index in [9.17, 15) is 9.59 Å². The van der Waals surface area contributed by atoms with Crippen molar-refractivity contribution in [2.24, 2.45) is 17.3 Å². The van der Waals surface area contributed by atoms with Crippen molar-refractivity contribution in [2.75, 3.05) is 13.1 Å². The van der Waals surface area contributed by atoms with Gasteiger partial charge in [0.1, 0.15) is 6.54 Å². The van der Waals surface area contributed by atoms with E-state index in [1.807, 2.05) is 13.8 Å². The van der Waals surface area contributed by atoms with Crippen LogP contribution in [0.25, 0.3) is 0 Å². The fraction of sp³-hybridized carbons (Fsp3) is 0.857. The van der Waals surface area contributed by atoms with E-state index < -0.39 is 5.97 Å². The summed E-state index contributed by atoms with van der Waals surface area (Å²) in [6.45, 7) is 4.43. The molecule has 4 nitrogen and oxygen atoms in total. The number of amides is 1. The average Bonchev–Trinajstić information content (AvgIpc) is 2.73. The molecule has 0 aromatic rings. The number of hydrogen-bond acceptors (Lipinski definition) is 2. The van der Waals surface area contributed by atoms with Crippen LogP contribution in [0.3, 0.4) is 0 Å². The Balaban J connectivity index is 1.97.